The van der Waals surface area contributed by atoms with Crippen molar-refractivity contribution in [2.75, 3.05) is 42.7 Å². The van der Waals surface area contributed by atoms with Gasteiger partial charge in [0.1, 0.15) is 11.8 Å². The van der Waals surface area contributed by atoms with E-state index in [0.717, 1.165) is 54.8 Å². The van der Waals surface area contributed by atoms with Gasteiger partial charge in [0.25, 0.3) is 0 Å². The minimum Gasteiger partial charge on any atom is -0.494 e. The molecule has 0 spiro atoms. The first kappa shape index (κ1) is 24.5. The molecule has 4 aromatic rings. The highest BCUT2D eigenvalue weighted by atomic mass is 32.1. The van der Waals surface area contributed by atoms with Gasteiger partial charge in [-0.1, -0.05) is 6.07 Å². The highest BCUT2D eigenvalue weighted by Crippen LogP contribution is 2.42. The number of morpholine rings is 1. The SMILES string of the molecule is CCOc1ccc(-n2cccc2[C@@H]2[C@H](c3ccccn3)NC(=S)N2c2ccc(N3CCOCC3)cc2)cc1. The molecule has 0 amide bonds. The molecule has 7 nitrogen and oxygen atoms in total. The van der Waals surface area contributed by atoms with E-state index in [2.05, 4.69) is 80.5 Å². The summed E-state index contributed by atoms with van der Waals surface area (Å²) in [5, 5.41) is 4.26. The van der Waals surface area contributed by atoms with Crippen LogP contribution in [0.3, 0.4) is 0 Å². The molecule has 0 saturated carbocycles. The van der Waals surface area contributed by atoms with Gasteiger partial charge in [0.15, 0.2) is 5.11 Å². The summed E-state index contributed by atoms with van der Waals surface area (Å²) in [4.78, 5) is 9.28. The van der Waals surface area contributed by atoms with Crippen molar-refractivity contribution < 1.29 is 9.47 Å². The van der Waals surface area contributed by atoms with Crippen LogP contribution in [0, 0.1) is 0 Å². The highest BCUT2D eigenvalue weighted by Gasteiger charge is 2.42. The van der Waals surface area contributed by atoms with Crippen LogP contribution in [0.25, 0.3) is 5.69 Å². The van der Waals surface area contributed by atoms with E-state index in [1.54, 1.807) is 0 Å². The Morgan fingerprint density at radius 3 is 2.37 bits per heavy atom. The fourth-order valence-corrected chi connectivity index (χ4v) is 5.66. The molecule has 2 atom stereocenters. The molecule has 2 aliphatic rings. The molecular weight excluding hydrogens is 494 g/mol. The fraction of sp³-hybridized carbons (Fsp3) is 0.267. The summed E-state index contributed by atoms with van der Waals surface area (Å²) in [5.74, 6) is 0.863. The van der Waals surface area contributed by atoms with E-state index < -0.39 is 0 Å². The highest BCUT2D eigenvalue weighted by molar-refractivity contribution is 7.80. The molecule has 0 bridgehead atoms. The number of ether oxygens (including phenoxy) is 2. The molecular formula is C30H31N5O2S. The number of benzene rings is 2. The van der Waals surface area contributed by atoms with Crippen molar-refractivity contribution in [3.63, 3.8) is 0 Å². The zero-order chi connectivity index (χ0) is 25.9. The normalized spacial score (nSPS) is 19.4. The van der Waals surface area contributed by atoms with Gasteiger partial charge in [0.2, 0.25) is 0 Å². The molecule has 2 aromatic carbocycles. The van der Waals surface area contributed by atoms with Gasteiger partial charge < -0.3 is 29.2 Å². The first-order valence-corrected chi connectivity index (χ1v) is 13.5. The molecule has 0 aliphatic carbocycles. The van der Waals surface area contributed by atoms with Crippen LogP contribution in [-0.2, 0) is 4.74 Å². The van der Waals surface area contributed by atoms with Crippen LogP contribution in [0.15, 0.2) is 91.3 Å². The Bertz CT molecular complexity index is 1370. The van der Waals surface area contributed by atoms with Gasteiger partial charge in [-0.3, -0.25) is 4.98 Å². The maximum Gasteiger partial charge on any atom is 0.174 e. The lowest BCUT2D eigenvalue weighted by atomic mass is 10.0. The molecule has 1 N–H and O–H groups in total. The zero-order valence-electron chi connectivity index (χ0n) is 21.4. The minimum absolute atomic E-state index is 0.104. The number of nitrogens with zero attached hydrogens (tertiary/aromatic N) is 4. The standard InChI is InChI=1S/C30H31N5O2S/c1-2-37-25-14-12-23(13-15-25)34-17-5-7-27(34)29-28(26-6-3-4-16-31-26)32-30(38)35(29)24-10-8-22(9-11-24)33-18-20-36-21-19-33/h3-17,28-29H,2,18-21H2,1H3,(H,32,38)/t28-,29+/m0/s1. The van der Waals surface area contributed by atoms with Crippen LogP contribution in [0.1, 0.15) is 30.4 Å². The van der Waals surface area contributed by atoms with Gasteiger partial charge in [-0.05, 0) is 91.9 Å². The van der Waals surface area contributed by atoms with Crippen molar-refractivity contribution in [2.24, 2.45) is 0 Å². The molecule has 0 radical (unpaired) electrons. The molecule has 6 rings (SSSR count). The summed E-state index contributed by atoms with van der Waals surface area (Å²) in [6.45, 7) is 5.97. The second-order valence-corrected chi connectivity index (χ2v) is 9.73. The third kappa shape index (κ3) is 4.73. The van der Waals surface area contributed by atoms with Crippen LogP contribution in [-0.4, -0.2) is 47.6 Å². The molecule has 38 heavy (non-hydrogen) atoms. The number of aromatic nitrogens is 2. The first-order chi connectivity index (χ1) is 18.7. The fourth-order valence-electron chi connectivity index (χ4n) is 5.32. The summed E-state index contributed by atoms with van der Waals surface area (Å²) in [5.41, 5.74) is 5.38. The maximum atomic E-state index is 5.95. The molecule has 2 fully saturated rings. The molecule has 2 saturated heterocycles. The molecule has 0 unspecified atom stereocenters. The molecule has 4 heterocycles. The predicted molar refractivity (Wildman–Crippen MR) is 154 cm³/mol. The summed E-state index contributed by atoms with van der Waals surface area (Å²) in [6, 6.07) is 27.0. The Labute approximate surface area is 228 Å². The van der Waals surface area contributed by atoms with Crippen molar-refractivity contribution in [2.45, 2.75) is 19.0 Å². The van der Waals surface area contributed by atoms with Crippen molar-refractivity contribution in [3.8, 4) is 11.4 Å². The van der Waals surface area contributed by atoms with Crippen LogP contribution >= 0.6 is 12.2 Å². The van der Waals surface area contributed by atoms with Gasteiger partial charge in [-0.25, -0.2) is 0 Å². The Morgan fingerprint density at radius 2 is 1.66 bits per heavy atom. The molecule has 2 aliphatic heterocycles. The summed E-state index contributed by atoms with van der Waals surface area (Å²) >= 11 is 5.95. The van der Waals surface area contributed by atoms with Crippen LogP contribution in [0.5, 0.6) is 5.75 Å². The molecule has 8 heteroatoms. The number of thiocarbonyl (C=S) groups is 1. The summed E-state index contributed by atoms with van der Waals surface area (Å²) in [7, 11) is 0. The van der Waals surface area contributed by atoms with Crippen molar-refractivity contribution >= 4 is 28.7 Å². The number of hydrogen-bond donors (Lipinski definition) is 1. The summed E-state index contributed by atoms with van der Waals surface area (Å²) in [6.07, 6.45) is 3.93. The smallest absolute Gasteiger partial charge is 0.174 e. The number of nitrogens with one attached hydrogen (secondary N) is 1. The largest absolute Gasteiger partial charge is 0.494 e. The lowest BCUT2D eigenvalue weighted by molar-refractivity contribution is 0.122. The second-order valence-electron chi connectivity index (χ2n) is 9.34. The Morgan fingerprint density at radius 1 is 0.921 bits per heavy atom. The Hall–Kier alpha value is -3.88. The number of hydrogen-bond acceptors (Lipinski definition) is 5. The lowest BCUT2D eigenvalue weighted by Gasteiger charge is -2.31. The van der Waals surface area contributed by atoms with Crippen molar-refractivity contribution in [1.82, 2.24) is 14.9 Å². The van der Waals surface area contributed by atoms with E-state index >= 15 is 0 Å². The third-order valence-corrected chi connectivity index (χ3v) is 7.43. The average molecular weight is 526 g/mol. The Balaban J connectivity index is 1.39. The average Bonchev–Trinajstić information content (AvgIpc) is 3.59. The number of anilines is 2. The van der Waals surface area contributed by atoms with E-state index in [-0.39, 0.29) is 12.1 Å². The topological polar surface area (TPSA) is 54.8 Å². The first-order valence-electron chi connectivity index (χ1n) is 13.1. The molecule has 194 valence electrons. The van der Waals surface area contributed by atoms with Gasteiger partial charge in [-0.2, -0.15) is 0 Å². The number of rotatable bonds is 7. The lowest BCUT2D eigenvalue weighted by Crippen LogP contribution is -2.36. The van der Waals surface area contributed by atoms with Gasteiger partial charge in [0.05, 0.1) is 31.6 Å². The van der Waals surface area contributed by atoms with E-state index in [4.69, 9.17) is 26.7 Å². The van der Waals surface area contributed by atoms with Crippen molar-refractivity contribution in [1.29, 1.82) is 0 Å². The van der Waals surface area contributed by atoms with E-state index in [0.29, 0.717) is 11.7 Å². The van der Waals surface area contributed by atoms with Crippen LogP contribution in [0.2, 0.25) is 0 Å². The second kappa shape index (κ2) is 10.8. The molecule has 2 aromatic heterocycles. The van der Waals surface area contributed by atoms with Gasteiger partial charge in [0, 0.05) is 48.2 Å². The van der Waals surface area contributed by atoms with Gasteiger partial charge in [-0.15, -0.1) is 0 Å². The van der Waals surface area contributed by atoms with E-state index in [1.165, 1.54) is 5.69 Å². The number of pyridine rings is 1. The zero-order valence-corrected chi connectivity index (χ0v) is 22.2. The quantitative estimate of drug-likeness (QED) is 0.329. The monoisotopic (exact) mass is 525 g/mol. The minimum atomic E-state index is -0.112. The predicted octanol–water partition coefficient (Wildman–Crippen LogP) is 5.28. The van der Waals surface area contributed by atoms with Crippen molar-refractivity contribution in [3.05, 3.63) is 103 Å². The third-order valence-electron chi connectivity index (χ3n) is 7.11. The van der Waals surface area contributed by atoms with Crippen LogP contribution in [0.4, 0.5) is 11.4 Å². The van der Waals surface area contributed by atoms with E-state index in [9.17, 15) is 0 Å². The Kier molecular flexibility index (Phi) is 6.98. The van der Waals surface area contributed by atoms with E-state index in [1.807, 2.05) is 37.4 Å². The maximum absolute atomic E-state index is 5.95. The van der Waals surface area contributed by atoms with Gasteiger partial charge >= 0.3 is 0 Å². The summed E-state index contributed by atoms with van der Waals surface area (Å²) < 4.78 is 13.4. The van der Waals surface area contributed by atoms with Crippen LogP contribution < -0.4 is 19.9 Å².